The van der Waals surface area contributed by atoms with Gasteiger partial charge in [-0.3, -0.25) is 4.79 Å². The van der Waals surface area contributed by atoms with Crippen LogP contribution in [-0.2, 0) is 4.79 Å². The highest BCUT2D eigenvalue weighted by Gasteiger charge is 2.26. The number of carbonyl (C=O) groups excluding carboxylic acids is 1. The number of rotatable bonds is 6. The van der Waals surface area contributed by atoms with Crippen molar-refractivity contribution in [3.8, 4) is 0 Å². The fourth-order valence-corrected chi connectivity index (χ4v) is 2.84. The molecule has 1 amide bonds. The second kappa shape index (κ2) is 7.41. The average molecular weight is 290 g/mol. The largest absolute Gasteiger partial charge is 0.354 e. The molecule has 1 aliphatic heterocycles. The first-order valence-corrected chi connectivity index (χ1v) is 7.82. The SMILES string of the molecule is CCCNC(C)c1cccnc1N1CCC(NC(C)=O)C1. The molecule has 2 heterocycles. The summed E-state index contributed by atoms with van der Waals surface area (Å²) < 4.78 is 0. The summed E-state index contributed by atoms with van der Waals surface area (Å²) in [4.78, 5) is 18.0. The molecular weight excluding hydrogens is 264 g/mol. The Labute approximate surface area is 127 Å². The molecule has 2 atom stereocenters. The number of hydrogen-bond acceptors (Lipinski definition) is 4. The summed E-state index contributed by atoms with van der Waals surface area (Å²) in [5, 5.41) is 6.52. The van der Waals surface area contributed by atoms with Crippen molar-refractivity contribution >= 4 is 11.7 Å². The number of anilines is 1. The van der Waals surface area contributed by atoms with Gasteiger partial charge in [0.1, 0.15) is 5.82 Å². The first kappa shape index (κ1) is 15.8. The van der Waals surface area contributed by atoms with Crippen LogP contribution in [0.1, 0.15) is 45.2 Å². The van der Waals surface area contributed by atoms with Crippen LogP contribution in [0.25, 0.3) is 0 Å². The molecule has 1 aromatic heterocycles. The van der Waals surface area contributed by atoms with E-state index in [-0.39, 0.29) is 18.0 Å². The molecule has 2 unspecified atom stereocenters. The highest BCUT2D eigenvalue weighted by atomic mass is 16.1. The van der Waals surface area contributed by atoms with E-state index in [4.69, 9.17) is 0 Å². The Bertz CT molecular complexity index is 477. The monoisotopic (exact) mass is 290 g/mol. The van der Waals surface area contributed by atoms with Gasteiger partial charge in [0, 0.05) is 43.9 Å². The molecule has 0 saturated carbocycles. The second-order valence-electron chi connectivity index (χ2n) is 5.72. The number of aromatic nitrogens is 1. The topological polar surface area (TPSA) is 57.3 Å². The third kappa shape index (κ3) is 4.17. The average Bonchev–Trinajstić information content (AvgIpc) is 2.92. The second-order valence-corrected chi connectivity index (χ2v) is 5.72. The van der Waals surface area contributed by atoms with Crippen LogP contribution in [0.4, 0.5) is 5.82 Å². The van der Waals surface area contributed by atoms with Crippen LogP contribution in [0.5, 0.6) is 0 Å². The van der Waals surface area contributed by atoms with Crippen molar-refractivity contribution in [2.24, 2.45) is 0 Å². The molecular formula is C16H26N4O. The molecule has 2 rings (SSSR count). The van der Waals surface area contributed by atoms with E-state index >= 15 is 0 Å². The Hall–Kier alpha value is -1.62. The summed E-state index contributed by atoms with van der Waals surface area (Å²) in [7, 11) is 0. The van der Waals surface area contributed by atoms with E-state index in [1.165, 1.54) is 5.56 Å². The molecule has 0 aromatic carbocycles. The summed E-state index contributed by atoms with van der Waals surface area (Å²) in [6.07, 6.45) is 3.94. The zero-order valence-corrected chi connectivity index (χ0v) is 13.2. The Balaban J connectivity index is 2.08. The van der Waals surface area contributed by atoms with Crippen LogP contribution >= 0.6 is 0 Å². The van der Waals surface area contributed by atoms with Gasteiger partial charge in [-0.15, -0.1) is 0 Å². The number of carbonyl (C=O) groups is 1. The standard InChI is InChI=1S/C16H26N4O/c1-4-8-17-12(2)15-6-5-9-18-16(15)20-10-7-14(11-20)19-13(3)21/h5-6,9,12,14,17H,4,7-8,10-11H2,1-3H3,(H,19,21). The fraction of sp³-hybridized carbons (Fsp3) is 0.625. The van der Waals surface area contributed by atoms with Crippen molar-refractivity contribution < 1.29 is 4.79 Å². The molecule has 0 spiro atoms. The lowest BCUT2D eigenvalue weighted by Crippen LogP contribution is -2.36. The molecule has 5 heteroatoms. The molecule has 1 saturated heterocycles. The quantitative estimate of drug-likeness (QED) is 0.839. The molecule has 0 aliphatic carbocycles. The van der Waals surface area contributed by atoms with Crippen LogP contribution in [-0.4, -0.2) is 36.6 Å². The molecule has 0 radical (unpaired) electrons. The van der Waals surface area contributed by atoms with Gasteiger partial charge in [0.05, 0.1) is 0 Å². The summed E-state index contributed by atoms with van der Waals surface area (Å²) >= 11 is 0. The predicted octanol–water partition coefficient (Wildman–Crippen LogP) is 1.86. The number of nitrogens with one attached hydrogen (secondary N) is 2. The number of amides is 1. The summed E-state index contributed by atoms with van der Waals surface area (Å²) in [6, 6.07) is 4.65. The summed E-state index contributed by atoms with van der Waals surface area (Å²) in [5.41, 5.74) is 1.23. The fourth-order valence-electron chi connectivity index (χ4n) is 2.84. The maximum absolute atomic E-state index is 11.2. The maximum atomic E-state index is 11.2. The lowest BCUT2D eigenvalue weighted by atomic mass is 10.1. The van der Waals surface area contributed by atoms with Gasteiger partial charge in [0.25, 0.3) is 0 Å². The Morgan fingerprint density at radius 2 is 2.38 bits per heavy atom. The number of pyridine rings is 1. The van der Waals surface area contributed by atoms with Gasteiger partial charge in [-0.25, -0.2) is 4.98 Å². The predicted molar refractivity (Wildman–Crippen MR) is 85.4 cm³/mol. The van der Waals surface area contributed by atoms with Crippen LogP contribution in [0.15, 0.2) is 18.3 Å². The Morgan fingerprint density at radius 1 is 1.57 bits per heavy atom. The van der Waals surface area contributed by atoms with E-state index in [0.29, 0.717) is 0 Å². The summed E-state index contributed by atoms with van der Waals surface area (Å²) in [6.45, 7) is 8.70. The minimum atomic E-state index is 0.0427. The normalized spacial score (nSPS) is 19.6. The van der Waals surface area contributed by atoms with Crippen molar-refractivity contribution in [3.63, 3.8) is 0 Å². The van der Waals surface area contributed by atoms with Gasteiger partial charge in [0.15, 0.2) is 0 Å². The first-order valence-electron chi connectivity index (χ1n) is 7.82. The van der Waals surface area contributed by atoms with E-state index in [2.05, 4.69) is 40.4 Å². The van der Waals surface area contributed by atoms with E-state index in [9.17, 15) is 4.79 Å². The third-order valence-electron chi connectivity index (χ3n) is 3.88. The van der Waals surface area contributed by atoms with Crippen LogP contribution in [0.3, 0.4) is 0 Å². The lowest BCUT2D eigenvalue weighted by Gasteiger charge is -2.24. The zero-order chi connectivity index (χ0) is 15.2. The van der Waals surface area contributed by atoms with Crippen molar-refractivity contribution in [3.05, 3.63) is 23.9 Å². The molecule has 5 nitrogen and oxygen atoms in total. The summed E-state index contributed by atoms with van der Waals surface area (Å²) in [5.74, 6) is 1.09. The minimum Gasteiger partial charge on any atom is -0.354 e. The molecule has 116 valence electrons. The Kier molecular flexibility index (Phi) is 5.56. The molecule has 1 aromatic rings. The van der Waals surface area contributed by atoms with E-state index in [0.717, 1.165) is 38.3 Å². The van der Waals surface area contributed by atoms with E-state index < -0.39 is 0 Å². The van der Waals surface area contributed by atoms with E-state index in [1.54, 1.807) is 6.92 Å². The highest BCUT2D eigenvalue weighted by molar-refractivity contribution is 5.73. The van der Waals surface area contributed by atoms with Gasteiger partial charge in [-0.2, -0.15) is 0 Å². The van der Waals surface area contributed by atoms with Crippen molar-refractivity contribution in [1.29, 1.82) is 0 Å². The van der Waals surface area contributed by atoms with Gasteiger partial charge in [0.2, 0.25) is 5.91 Å². The lowest BCUT2D eigenvalue weighted by molar-refractivity contribution is -0.119. The Morgan fingerprint density at radius 3 is 3.10 bits per heavy atom. The number of hydrogen-bond donors (Lipinski definition) is 2. The molecule has 21 heavy (non-hydrogen) atoms. The maximum Gasteiger partial charge on any atom is 0.217 e. The van der Waals surface area contributed by atoms with Crippen molar-refractivity contribution in [1.82, 2.24) is 15.6 Å². The van der Waals surface area contributed by atoms with Crippen molar-refractivity contribution in [2.75, 3.05) is 24.5 Å². The van der Waals surface area contributed by atoms with Crippen molar-refractivity contribution in [2.45, 2.75) is 45.7 Å². The van der Waals surface area contributed by atoms with Crippen LogP contribution in [0.2, 0.25) is 0 Å². The minimum absolute atomic E-state index is 0.0427. The molecule has 0 bridgehead atoms. The number of nitrogens with zero attached hydrogens (tertiary/aromatic N) is 2. The molecule has 2 N–H and O–H groups in total. The zero-order valence-electron chi connectivity index (χ0n) is 13.2. The van der Waals surface area contributed by atoms with Crippen LogP contribution < -0.4 is 15.5 Å². The molecule has 1 aliphatic rings. The van der Waals surface area contributed by atoms with Gasteiger partial charge in [-0.05, 0) is 32.4 Å². The first-order chi connectivity index (χ1) is 10.1. The van der Waals surface area contributed by atoms with Gasteiger partial charge < -0.3 is 15.5 Å². The molecule has 1 fully saturated rings. The van der Waals surface area contributed by atoms with Crippen LogP contribution in [0, 0.1) is 0 Å². The van der Waals surface area contributed by atoms with Gasteiger partial charge >= 0.3 is 0 Å². The highest BCUT2D eigenvalue weighted by Crippen LogP contribution is 2.26. The van der Waals surface area contributed by atoms with E-state index in [1.807, 2.05) is 12.3 Å². The third-order valence-corrected chi connectivity index (χ3v) is 3.88. The van der Waals surface area contributed by atoms with Gasteiger partial charge in [-0.1, -0.05) is 13.0 Å². The smallest absolute Gasteiger partial charge is 0.217 e.